The molecule has 1 unspecified atom stereocenters. The molecule has 2 amide bonds. The summed E-state index contributed by atoms with van der Waals surface area (Å²) in [6.45, 7) is 0.534. The van der Waals surface area contributed by atoms with Crippen LogP contribution in [0.1, 0.15) is 5.69 Å². The molecule has 2 aliphatic heterocycles. The number of nitrogens with one attached hydrogen (secondary N) is 1. The molecule has 2 atom stereocenters. The van der Waals surface area contributed by atoms with E-state index in [1.54, 1.807) is 24.0 Å². The molecule has 13 nitrogen and oxygen atoms in total. The van der Waals surface area contributed by atoms with Crippen molar-refractivity contribution in [1.82, 2.24) is 15.2 Å². The number of nitrogens with zero attached hydrogens (tertiary/aromatic N) is 4. The normalized spacial score (nSPS) is 20.0. The summed E-state index contributed by atoms with van der Waals surface area (Å²) in [5, 5.41) is 23.2. The number of hydrogen-bond acceptors (Lipinski definition) is 11. The van der Waals surface area contributed by atoms with Crippen LogP contribution in [0.15, 0.2) is 44.0 Å². The van der Waals surface area contributed by atoms with Crippen molar-refractivity contribution in [2.24, 2.45) is 27.3 Å². The van der Waals surface area contributed by atoms with E-state index in [0.29, 0.717) is 17.2 Å². The Kier molecular flexibility index (Phi) is 9.55. The maximum Gasteiger partial charge on any atom is 0.353 e. The number of β-lactam (4-membered cyclic amide) rings is 1. The zero-order valence-electron chi connectivity index (χ0n) is 18.5. The molecule has 0 aromatic carbocycles. The number of thiocarbonyl (C=S) groups is 1. The summed E-state index contributed by atoms with van der Waals surface area (Å²) in [6.07, 6.45) is 1.66. The van der Waals surface area contributed by atoms with Crippen LogP contribution in [0.2, 0.25) is 0 Å². The molecule has 3 rings (SSSR count). The molecule has 36 heavy (non-hydrogen) atoms. The van der Waals surface area contributed by atoms with Crippen molar-refractivity contribution in [2.45, 2.75) is 22.1 Å². The van der Waals surface area contributed by atoms with Crippen LogP contribution in [0.5, 0.6) is 0 Å². The highest BCUT2D eigenvalue weighted by Crippen LogP contribution is 2.45. The summed E-state index contributed by atoms with van der Waals surface area (Å²) in [6, 6.07) is 2.53. The lowest BCUT2D eigenvalue weighted by atomic mass is 10.0. The lowest BCUT2D eigenvalue weighted by Crippen LogP contribution is -2.71. The van der Waals surface area contributed by atoms with E-state index in [2.05, 4.69) is 32.7 Å². The van der Waals surface area contributed by atoms with Gasteiger partial charge in [-0.1, -0.05) is 16.9 Å². The second-order valence-electron chi connectivity index (χ2n) is 7.11. The molecule has 0 saturated carbocycles. The number of aliphatic carboxylic acids is 1. The molecule has 0 radical (unpaired) electrons. The topological polar surface area (TPSA) is 223 Å². The van der Waals surface area contributed by atoms with Gasteiger partial charge in [0.1, 0.15) is 17.1 Å². The van der Waals surface area contributed by atoms with Crippen LogP contribution in [-0.4, -0.2) is 84.1 Å². The fraction of sp³-hybridized carbons (Fsp3) is 0.316. The number of amidine groups is 1. The molecule has 192 valence electrons. The first-order chi connectivity index (χ1) is 17.2. The van der Waals surface area contributed by atoms with Gasteiger partial charge in [0.25, 0.3) is 11.8 Å². The fourth-order valence-corrected chi connectivity index (χ4v) is 6.77. The van der Waals surface area contributed by atoms with Crippen molar-refractivity contribution in [1.29, 1.82) is 0 Å². The van der Waals surface area contributed by atoms with Crippen molar-refractivity contribution in [2.75, 3.05) is 18.1 Å². The molecule has 1 fully saturated rings. The largest absolute Gasteiger partial charge is 0.477 e. The van der Waals surface area contributed by atoms with Crippen molar-refractivity contribution in [3.8, 4) is 0 Å². The Morgan fingerprint density at radius 1 is 1.39 bits per heavy atom. The van der Waals surface area contributed by atoms with Gasteiger partial charge in [0, 0.05) is 39.8 Å². The Bertz CT molecular complexity index is 1170. The maximum atomic E-state index is 12.9. The predicted molar refractivity (Wildman–Crippen MR) is 143 cm³/mol. The summed E-state index contributed by atoms with van der Waals surface area (Å²) in [5.41, 5.74) is 16.3. The third-order valence-electron chi connectivity index (χ3n) is 4.79. The lowest BCUT2D eigenvalue weighted by molar-refractivity contribution is -0.150. The highest BCUT2D eigenvalue weighted by Gasteiger charge is 2.54. The number of amides is 2. The highest BCUT2D eigenvalue weighted by atomic mass is 32.2. The van der Waals surface area contributed by atoms with Crippen molar-refractivity contribution < 1.29 is 24.7 Å². The van der Waals surface area contributed by atoms with Crippen LogP contribution < -0.4 is 22.5 Å². The average molecular weight is 571 g/mol. The molecule has 1 aromatic heterocycles. The first-order valence-corrected chi connectivity index (χ1v) is 13.6. The van der Waals surface area contributed by atoms with E-state index in [1.165, 1.54) is 23.5 Å². The third kappa shape index (κ3) is 6.09. The minimum Gasteiger partial charge on any atom is -0.477 e. The molecular formula is C19H22N8O5S4. The van der Waals surface area contributed by atoms with E-state index in [-0.39, 0.29) is 16.6 Å². The number of carbonyl (C=O) groups excluding carboxylic acids is 2. The molecule has 0 spiro atoms. The number of pyridine rings is 1. The van der Waals surface area contributed by atoms with E-state index in [9.17, 15) is 19.5 Å². The van der Waals surface area contributed by atoms with Crippen LogP contribution in [0.25, 0.3) is 0 Å². The summed E-state index contributed by atoms with van der Waals surface area (Å²) in [4.78, 5) is 47.8. The lowest BCUT2D eigenvalue weighted by Gasteiger charge is -2.49. The number of aliphatic imine (C=N–C) groups is 1. The van der Waals surface area contributed by atoms with Gasteiger partial charge in [-0.25, -0.2) is 9.79 Å². The number of fused-ring (bicyclic) bond motifs is 1. The second kappa shape index (κ2) is 12.4. The number of carboxylic acid groups (broad SMARTS) is 1. The van der Waals surface area contributed by atoms with Crippen molar-refractivity contribution in [3.63, 3.8) is 0 Å². The molecule has 9 N–H and O–H groups in total. The Balaban J connectivity index is 1.79. The minimum absolute atomic E-state index is 0.158. The molecule has 1 aromatic rings. The standard InChI is InChI=1S/C19H22N8O5S4/c20-3-5-34-6-8-9(2-1-4-23-8)36-10-7-35-17-12(16(29)27(17)13(10)18(30)31)24-15(28)11(26-32)14(21)25-19(22)33/h1-2,4,12,17,32H,3,5-7,20H2,(H,24,28)(H,30,31)(H4,21,22,25,33)/b26-11-/t12-,17?/m1/s1. The SMILES string of the molecule is NCCSCc1ncccc1SC1=C(C(=O)O)N2C(=O)[C@@H](NC(=O)/C(=N\O)C(N)=NC(N)=S)C2SC1. The average Bonchev–Trinajstić information content (AvgIpc) is 2.83. The van der Waals surface area contributed by atoms with Gasteiger partial charge >= 0.3 is 5.97 Å². The fourth-order valence-electron chi connectivity index (χ4n) is 3.27. The third-order valence-corrected chi connectivity index (χ3v) is 8.52. The zero-order chi connectivity index (χ0) is 26.4. The molecule has 0 bridgehead atoms. The molecule has 1 saturated heterocycles. The summed E-state index contributed by atoms with van der Waals surface area (Å²) in [5.74, 6) is -1.79. The number of thioether (sulfide) groups is 3. The van der Waals surface area contributed by atoms with Crippen LogP contribution in [0.3, 0.4) is 0 Å². The van der Waals surface area contributed by atoms with Crippen molar-refractivity contribution in [3.05, 3.63) is 34.6 Å². The number of carboxylic acids is 1. The Morgan fingerprint density at radius 3 is 2.78 bits per heavy atom. The Labute approximate surface area is 223 Å². The first kappa shape index (κ1) is 27.7. The van der Waals surface area contributed by atoms with Gasteiger partial charge in [0.05, 0.1) is 5.69 Å². The van der Waals surface area contributed by atoms with Crippen LogP contribution >= 0.6 is 47.5 Å². The van der Waals surface area contributed by atoms with Gasteiger partial charge < -0.3 is 32.8 Å². The number of oxime groups is 1. The number of hydrogen-bond donors (Lipinski definition) is 6. The maximum absolute atomic E-state index is 12.9. The van der Waals surface area contributed by atoms with Crippen LogP contribution in [0.4, 0.5) is 0 Å². The second-order valence-corrected chi connectivity index (χ2v) is 10.9. The number of aromatic nitrogens is 1. The van der Waals surface area contributed by atoms with Gasteiger partial charge in [-0.15, -0.1) is 11.8 Å². The number of rotatable bonds is 10. The van der Waals surface area contributed by atoms with Gasteiger partial charge in [-0.05, 0) is 24.4 Å². The van der Waals surface area contributed by atoms with E-state index >= 15 is 0 Å². The monoisotopic (exact) mass is 570 g/mol. The van der Waals surface area contributed by atoms with E-state index < -0.39 is 40.7 Å². The number of carbonyl (C=O) groups is 3. The molecule has 17 heteroatoms. The molecule has 2 aliphatic rings. The smallest absolute Gasteiger partial charge is 0.353 e. The Morgan fingerprint density at radius 2 is 2.14 bits per heavy atom. The molecular weight excluding hydrogens is 549 g/mol. The Hall–Kier alpha value is -2.86. The molecule has 3 heterocycles. The van der Waals surface area contributed by atoms with Gasteiger partial charge in [-0.3, -0.25) is 19.5 Å². The van der Waals surface area contributed by atoms with Gasteiger partial charge in [0.15, 0.2) is 10.9 Å². The van der Waals surface area contributed by atoms with E-state index in [4.69, 9.17) is 22.4 Å². The zero-order valence-corrected chi connectivity index (χ0v) is 21.8. The van der Waals surface area contributed by atoms with Crippen LogP contribution in [-0.2, 0) is 20.1 Å². The summed E-state index contributed by atoms with van der Waals surface area (Å²) < 4.78 is 0. The minimum atomic E-state index is -1.27. The number of nitrogens with two attached hydrogens (primary N) is 3. The highest BCUT2D eigenvalue weighted by molar-refractivity contribution is 8.06. The molecule has 0 aliphatic carbocycles. The van der Waals surface area contributed by atoms with Gasteiger partial charge in [0.2, 0.25) is 5.71 Å². The van der Waals surface area contributed by atoms with Crippen molar-refractivity contribution >= 4 is 81.9 Å². The van der Waals surface area contributed by atoms with Gasteiger partial charge in [-0.2, -0.15) is 11.8 Å². The van der Waals surface area contributed by atoms with E-state index in [1.807, 2.05) is 6.07 Å². The first-order valence-electron chi connectivity index (χ1n) is 10.2. The summed E-state index contributed by atoms with van der Waals surface area (Å²) >= 11 is 8.72. The predicted octanol–water partition coefficient (Wildman–Crippen LogP) is -0.507. The quantitative estimate of drug-likeness (QED) is 0.0397. The van der Waals surface area contributed by atoms with E-state index in [0.717, 1.165) is 21.2 Å². The van der Waals surface area contributed by atoms with Crippen LogP contribution in [0, 0.1) is 0 Å². The summed E-state index contributed by atoms with van der Waals surface area (Å²) in [7, 11) is 0.